The molecule has 1 amide bonds. The minimum absolute atomic E-state index is 0.113. The Morgan fingerprint density at radius 1 is 1.14 bits per heavy atom. The molecule has 3 aromatic rings. The van der Waals surface area contributed by atoms with Gasteiger partial charge in [-0.05, 0) is 17.7 Å². The van der Waals surface area contributed by atoms with Crippen LogP contribution >= 0.6 is 11.8 Å². The van der Waals surface area contributed by atoms with Crippen molar-refractivity contribution in [3.8, 4) is 11.5 Å². The van der Waals surface area contributed by atoms with Gasteiger partial charge in [0.05, 0.1) is 38.5 Å². The number of anilines is 1. The number of carbonyl (C=O) groups excluding carboxylic acids is 1. The van der Waals surface area contributed by atoms with Crippen LogP contribution in [0.4, 0.5) is 5.69 Å². The fourth-order valence-corrected chi connectivity index (χ4v) is 3.61. The maximum atomic E-state index is 12.4. The van der Waals surface area contributed by atoms with Crippen LogP contribution in [0.1, 0.15) is 11.3 Å². The number of methoxy groups -OCH3 is 2. The Kier molecular flexibility index (Phi) is 7.15. The van der Waals surface area contributed by atoms with Gasteiger partial charge in [-0.15, -0.1) is 0 Å². The van der Waals surface area contributed by atoms with E-state index in [1.54, 1.807) is 38.6 Å². The molecule has 0 saturated heterocycles. The quantitative estimate of drug-likeness (QED) is 0.524. The number of hydrogen-bond acceptors (Lipinski definition) is 6. The van der Waals surface area contributed by atoms with Crippen molar-refractivity contribution < 1.29 is 19.4 Å². The highest BCUT2D eigenvalue weighted by Gasteiger charge is 2.13. The molecule has 0 aliphatic carbocycles. The lowest BCUT2D eigenvalue weighted by Gasteiger charge is -2.12. The SMILES string of the molecule is COc1ccc(NC(=O)CSc2ncc(CO)n2Cc2ccccc2)cc1OC. The summed E-state index contributed by atoms with van der Waals surface area (Å²) in [4.78, 5) is 16.8. The number of aliphatic hydroxyl groups is 1. The summed E-state index contributed by atoms with van der Waals surface area (Å²) in [6.07, 6.45) is 1.64. The molecular formula is C21H23N3O4S. The molecule has 7 nitrogen and oxygen atoms in total. The Labute approximate surface area is 173 Å². The number of thioether (sulfide) groups is 1. The van der Waals surface area contributed by atoms with Gasteiger partial charge in [-0.3, -0.25) is 4.79 Å². The molecular weight excluding hydrogens is 390 g/mol. The number of aliphatic hydroxyl groups excluding tert-OH is 1. The van der Waals surface area contributed by atoms with Crippen LogP contribution < -0.4 is 14.8 Å². The Hall–Kier alpha value is -2.97. The van der Waals surface area contributed by atoms with Gasteiger partial charge in [0.25, 0.3) is 0 Å². The van der Waals surface area contributed by atoms with Gasteiger partial charge in [-0.2, -0.15) is 0 Å². The lowest BCUT2D eigenvalue weighted by atomic mass is 10.2. The van der Waals surface area contributed by atoms with E-state index in [0.717, 1.165) is 5.56 Å². The van der Waals surface area contributed by atoms with Crippen molar-refractivity contribution in [2.45, 2.75) is 18.3 Å². The average molecular weight is 413 g/mol. The molecule has 152 valence electrons. The second-order valence-electron chi connectivity index (χ2n) is 6.17. The summed E-state index contributed by atoms with van der Waals surface area (Å²) in [6.45, 7) is 0.467. The van der Waals surface area contributed by atoms with Crippen molar-refractivity contribution in [3.63, 3.8) is 0 Å². The molecule has 8 heteroatoms. The van der Waals surface area contributed by atoms with Gasteiger partial charge < -0.3 is 24.5 Å². The summed E-state index contributed by atoms with van der Waals surface area (Å²) < 4.78 is 12.4. The minimum Gasteiger partial charge on any atom is -0.493 e. The van der Waals surface area contributed by atoms with Crippen LogP contribution in [0.25, 0.3) is 0 Å². The smallest absolute Gasteiger partial charge is 0.234 e. The molecule has 1 heterocycles. The lowest BCUT2D eigenvalue weighted by molar-refractivity contribution is -0.113. The number of aromatic nitrogens is 2. The van der Waals surface area contributed by atoms with E-state index in [0.29, 0.717) is 34.6 Å². The molecule has 0 bridgehead atoms. The number of imidazole rings is 1. The van der Waals surface area contributed by atoms with E-state index < -0.39 is 0 Å². The van der Waals surface area contributed by atoms with E-state index >= 15 is 0 Å². The summed E-state index contributed by atoms with van der Waals surface area (Å²) in [5, 5.41) is 13.1. The molecule has 0 fully saturated rings. The third-order valence-corrected chi connectivity index (χ3v) is 5.24. The van der Waals surface area contributed by atoms with E-state index in [4.69, 9.17) is 9.47 Å². The lowest BCUT2D eigenvalue weighted by Crippen LogP contribution is -2.15. The first-order chi connectivity index (χ1) is 14.1. The van der Waals surface area contributed by atoms with Crippen LogP contribution in [0.15, 0.2) is 59.9 Å². The van der Waals surface area contributed by atoms with E-state index in [1.165, 1.54) is 11.8 Å². The average Bonchev–Trinajstić information content (AvgIpc) is 3.14. The number of nitrogens with zero attached hydrogens (tertiary/aromatic N) is 2. The molecule has 29 heavy (non-hydrogen) atoms. The number of hydrogen-bond donors (Lipinski definition) is 2. The molecule has 0 aliphatic heterocycles. The summed E-state index contributed by atoms with van der Waals surface area (Å²) in [7, 11) is 3.11. The molecule has 0 unspecified atom stereocenters. The van der Waals surface area contributed by atoms with Crippen molar-refractivity contribution in [2.75, 3.05) is 25.3 Å². The van der Waals surface area contributed by atoms with Gasteiger partial charge in [-0.1, -0.05) is 42.1 Å². The Bertz CT molecular complexity index is 960. The Morgan fingerprint density at radius 2 is 1.90 bits per heavy atom. The van der Waals surface area contributed by atoms with Crippen molar-refractivity contribution in [2.24, 2.45) is 0 Å². The summed E-state index contributed by atoms with van der Waals surface area (Å²) in [5.74, 6) is 1.16. The molecule has 1 aromatic heterocycles. The van der Waals surface area contributed by atoms with Gasteiger partial charge in [0, 0.05) is 18.3 Å². The first-order valence-corrected chi connectivity index (χ1v) is 9.97. The third kappa shape index (κ3) is 5.30. The van der Waals surface area contributed by atoms with Crippen LogP contribution in [-0.2, 0) is 17.9 Å². The highest BCUT2D eigenvalue weighted by molar-refractivity contribution is 7.99. The van der Waals surface area contributed by atoms with Gasteiger partial charge in [-0.25, -0.2) is 4.98 Å². The predicted octanol–water partition coefficient (Wildman–Crippen LogP) is 3.17. The van der Waals surface area contributed by atoms with Gasteiger partial charge in [0.1, 0.15) is 0 Å². The summed E-state index contributed by atoms with van der Waals surface area (Å²) in [5.41, 5.74) is 2.42. The standard InChI is InChI=1S/C21H23N3O4S/c1-27-18-9-8-16(10-19(18)28-2)23-20(26)14-29-21-22-11-17(13-25)24(21)12-15-6-4-3-5-7-15/h3-11,25H,12-14H2,1-2H3,(H,23,26). The zero-order valence-corrected chi connectivity index (χ0v) is 17.1. The normalized spacial score (nSPS) is 10.6. The zero-order chi connectivity index (χ0) is 20.6. The summed E-state index contributed by atoms with van der Waals surface area (Å²) in [6, 6.07) is 15.1. The third-order valence-electron chi connectivity index (χ3n) is 4.25. The van der Waals surface area contributed by atoms with Gasteiger partial charge in [0.2, 0.25) is 5.91 Å². The van der Waals surface area contributed by atoms with Crippen molar-refractivity contribution in [1.82, 2.24) is 9.55 Å². The molecule has 2 aromatic carbocycles. The predicted molar refractivity (Wildman–Crippen MR) is 113 cm³/mol. The van der Waals surface area contributed by atoms with Gasteiger partial charge >= 0.3 is 0 Å². The maximum Gasteiger partial charge on any atom is 0.234 e. The summed E-state index contributed by atoms with van der Waals surface area (Å²) >= 11 is 1.32. The highest BCUT2D eigenvalue weighted by atomic mass is 32.2. The highest BCUT2D eigenvalue weighted by Crippen LogP contribution is 2.30. The van der Waals surface area contributed by atoms with Crippen molar-refractivity contribution in [1.29, 1.82) is 0 Å². The zero-order valence-electron chi connectivity index (χ0n) is 16.3. The second kappa shape index (κ2) is 9.99. The van der Waals surface area contributed by atoms with Crippen LogP contribution in [0.2, 0.25) is 0 Å². The first kappa shape index (κ1) is 20.8. The molecule has 0 atom stereocenters. The molecule has 0 saturated carbocycles. The molecule has 0 spiro atoms. The number of amides is 1. The van der Waals surface area contributed by atoms with Crippen LogP contribution in [-0.4, -0.2) is 40.5 Å². The number of nitrogens with one attached hydrogen (secondary N) is 1. The molecule has 0 radical (unpaired) electrons. The monoisotopic (exact) mass is 413 g/mol. The number of ether oxygens (including phenoxy) is 2. The molecule has 3 rings (SSSR count). The first-order valence-electron chi connectivity index (χ1n) is 8.98. The number of benzene rings is 2. The van der Waals surface area contributed by atoms with Crippen molar-refractivity contribution in [3.05, 3.63) is 66.0 Å². The minimum atomic E-state index is -0.165. The largest absolute Gasteiger partial charge is 0.493 e. The number of carbonyl (C=O) groups is 1. The molecule has 0 aliphatic rings. The second-order valence-corrected chi connectivity index (χ2v) is 7.11. The fraction of sp³-hybridized carbons (Fsp3) is 0.238. The van der Waals surface area contributed by atoms with Gasteiger partial charge in [0.15, 0.2) is 16.7 Å². The van der Waals surface area contributed by atoms with Crippen LogP contribution in [0.5, 0.6) is 11.5 Å². The fourth-order valence-electron chi connectivity index (χ4n) is 2.81. The van der Waals surface area contributed by atoms with E-state index in [-0.39, 0.29) is 18.3 Å². The maximum absolute atomic E-state index is 12.4. The van der Waals surface area contributed by atoms with E-state index in [2.05, 4.69) is 10.3 Å². The van der Waals surface area contributed by atoms with E-state index in [1.807, 2.05) is 34.9 Å². The Morgan fingerprint density at radius 3 is 2.59 bits per heavy atom. The van der Waals surface area contributed by atoms with Crippen LogP contribution in [0, 0.1) is 0 Å². The number of rotatable bonds is 9. The van der Waals surface area contributed by atoms with Crippen molar-refractivity contribution >= 4 is 23.4 Å². The van der Waals surface area contributed by atoms with E-state index in [9.17, 15) is 9.90 Å². The topological polar surface area (TPSA) is 85.6 Å². The Balaban J connectivity index is 1.65. The van der Waals surface area contributed by atoms with Crippen LogP contribution in [0.3, 0.4) is 0 Å². The molecule has 2 N–H and O–H groups in total.